The van der Waals surface area contributed by atoms with Crippen molar-refractivity contribution in [2.45, 2.75) is 187 Å². The zero-order valence-electron chi connectivity index (χ0n) is 24.5. The van der Waals surface area contributed by atoms with E-state index in [0.717, 1.165) is 6.42 Å². The van der Waals surface area contributed by atoms with Crippen LogP contribution in [0.1, 0.15) is 187 Å². The second-order valence-corrected chi connectivity index (χ2v) is 11.1. The Balaban J connectivity index is 3.07. The summed E-state index contributed by atoms with van der Waals surface area (Å²) in [5, 5.41) is 8.50. The van der Waals surface area contributed by atoms with Crippen molar-refractivity contribution >= 4 is 5.97 Å². The third-order valence-electron chi connectivity index (χ3n) is 7.46. The van der Waals surface area contributed by atoms with Crippen LogP contribution in [-0.4, -0.2) is 11.1 Å². The standard InChI is InChI=1S/C34H64O2/c1-2-3-4-5-6-7-8-9-10-11-12-13-14-15-16-17-18-19-20-21-22-23-24-25-26-27-28-29-30-31-32-33-34(35)36/h30-33H,2-29H2,1H3,(H,35,36). The summed E-state index contributed by atoms with van der Waals surface area (Å²) in [6, 6.07) is 0. The van der Waals surface area contributed by atoms with Gasteiger partial charge in [-0.1, -0.05) is 192 Å². The zero-order chi connectivity index (χ0) is 26.2. The molecule has 0 saturated heterocycles. The average molecular weight is 505 g/mol. The summed E-state index contributed by atoms with van der Waals surface area (Å²) in [6.45, 7) is 2.30. The fraction of sp³-hybridized carbons (Fsp3) is 0.853. The topological polar surface area (TPSA) is 37.3 Å². The van der Waals surface area contributed by atoms with Crippen molar-refractivity contribution in [2.75, 3.05) is 0 Å². The molecular formula is C34H64O2. The Morgan fingerprint density at radius 2 is 0.722 bits per heavy atom. The lowest BCUT2D eigenvalue weighted by molar-refractivity contribution is -0.131. The molecule has 0 aromatic rings. The van der Waals surface area contributed by atoms with E-state index in [-0.39, 0.29) is 0 Å². The molecule has 0 amide bonds. The van der Waals surface area contributed by atoms with Gasteiger partial charge in [-0.25, -0.2) is 4.79 Å². The average Bonchev–Trinajstić information content (AvgIpc) is 2.87. The maximum atomic E-state index is 10.3. The monoisotopic (exact) mass is 504 g/mol. The summed E-state index contributed by atoms with van der Waals surface area (Å²) < 4.78 is 0. The third-order valence-corrected chi connectivity index (χ3v) is 7.46. The number of hydrogen-bond donors (Lipinski definition) is 1. The van der Waals surface area contributed by atoms with E-state index in [9.17, 15) is 4.79 Å². The van der Waals surface area contributed by atoms with Gasteiger partial charge in [-0.3, -0.25) is 0 Å². The highest BCUT2D eigenvalue weighted by Gasteiger charge is 1.96. The van der Waals surface area contributed by atoms with Crippen molar-refractivity contribution in [3.05, 3.63) is 24.3 Å². The second-order valence-electron chi connectivity index (χ2n) is 11.1. The van der Waals surface area contributed by atoms with E-state index >= 15 is 0 Å². The molecule has 0 bridgehead atoms. The van der Waals surface area contributed by atoms with Crippen LogP contribution in [0.4, 0.5) is 0 Å². The Labute approximate surface area is 226 Å². The summed E-state index contributed by atoms with van der Waals surface area (Å²) in [7, 11) is 0. The highest BCUT2D eigenvalue weighted by molar-refractivity contribution is 5.80. The van der Waals surface area contributed by atoms with E-state index in [2.05, 4.69) is 13.0 Å². The molecule has 0 aromatic heterocycles. The van der Waals surface area contributed by atoms with Crippen molar-refractivity contribution in [2.24, 2.45) is 0 Å². The summed E-state index contributed by atoms with van der Waals surface area (Å²) in [4.78, 5) is 10.3. The predicted octanol–water partition coefficient (Wildman–Crippen LogP) is 12.1. The third kappa shape index (κ3) is 33.0. The fourth-order valence-corrected chi connectivity index (χ4v) is 5.07. The van der Waals surface area contributed by atoms with Gasteiger partial charge in [0.15, 0.2) is 0 Å². The Bertz CT molecular complexity index is 480. The van der Waals surface area contributed by atoms with Crippen LogP contribution in [0.25, 0.3) is 0 Å². The number of carbonyl (C=O) groups is 1. The van der Waals surface area contributed by atoms with Crippen molar-refractivity contribution in [3.63, 3.8) is 0 Å². The van der Waals surface area contributed by atoms with E-state index in [1.165, 1.54) is 179 Å². The van der Waals surface area contributed by atoms with Gasteiger partial charge in [0.05, 0.1) is 0 Å². The van der Waals surface area contributed by atoms with E-state index in [1.807, 2.05) is 6.08 Å². The molecule has 0 spiro atoms. The van der Waals surface area contributed by atoms with Gasteiger partial charge in [0, 0.05) is 6.08 Å². The first-order valence-electron chi connectivity index (χ1n) is 16.3. The Kier molecular flexibility index (Phi) is 31.0. The van der Waals surface area contributed by atoms with Crippen LogP contribution in [0, 0.1) is 0 Å². The molecule has 36 heavy (non-hydrogen) atoms. The van der Waals surface area contributed by atoms with Gasteiger partial charge in [0.1, 0.15) is 0 Å². The zero-order valence-corrected chi connectivity index (χ0v) is 24.5. The molecule has 2 heteroatoms. The lowest BCUT2D eigenvalue weighted by Gasteiger charge is -2.04. The maximum Gasteiger partial charge on any atom is 0.328 e. The number of unbranched alkanes of at least 4 members (excludes halogenated alkanes) is 27. The maximum absolute atomic E-state index is 10.3. The summed E-state index contributed by atoms with van der Waals surface area (Å²) in [5.74, 6) is -0.880. The molecule has 212 valence electrons. The lowest BCUT2D eigenvalue weighted by atomic mass is 10.0. The number of aliphatic carboxylic acids is 1. The highest BCUT2D eigenvalue weighted by Crippen LogP contribution is 2.16. The molecule has 0 aliphatic carbocycles. The number of rotatable bonds is 30. The van der Waals surface area contributed by atoms with Crippen LogP contribution >= 0.6 is 0 Å². The first kappa shape index (κ1) is 35.0. The number of carboxylic acid groups (broad SMARTS) is 1. The van der Waals surface area contributed by atoms with E-state index in [1.54, 1.807) is 6.08 Å². The molecule has 0 aliphatic rings. The number of allylic oxidation sites excluding steroid dienone is 3. The SMILES string of the molecule is CCCCCCCCCCCCCCCCCCCCCCCCCCCCCC=CC=CC(=O)O. The first-order chi connectivity index (χ1) is 17.8. The molecule has 0 aliphatic heterocycles. The fourth-order valence-electron chi connectivity index (χ4n) is 5.07. The van der Waals surface area contributed by atoms with Crippen LogP contribution in [0.15, 0.2) is 24.3 Å². The van der Waals surface area contributed by atoms with Crippen molar-refractivity contribution in [1.82, 2.24) is 0 Å². The minimum absolute atomic E-state index is 0.880. The second kappa shape index (κ2) is 32.0. The van der Waals surface area contributed by atoms with Crippen LogP contribution < -0.4 is 0 Å². The van der Waals surface area contributed by atoms with Gasteiger partial charge in [-0.05, 0) is 12.8 Å². The molecule has 0 saturated carbocycles. The van der Waals surface area contributed by atoms with Gasteiger partial charge in [0.25, 0.3) is 0 Å². The quantitative estimate of drug-likeness (QED) is 0.0599. The van der Waals surface area contributed by atoms with Crippen LogP contribution in [-0.2, 0) is 4.79 Å². The predicted molar refractivity (Wildman–Crippen MR) is 161 cm³/mol. The van der Waals surface area contributed by atoms with Crippen LogP contribution in [0.2, 0.25) is 0 Å². The first-order valence-corrected chi connectivity index (χ1v) is 16.3. The van der Waals surface area contributed by atoms with Gasteiger partial charge >= 0.3 is 5.97 Å². The largest absolute Gasteiger partial charge is 0.478 e. The molecule has 1 N–H and O–H groups in total. The molecule has 2 nitrogen and oxygen atoms in total. The molecule has 0 heterocycles. The molecule has 0 rings (SSSR count). The molecule has 0 unspecified atom stereocenters. The van der Waals surface area contributed by atoms with Gasteiger partial charge < -0.3 is 5.11 Å². The molecular weight excluding hydrogens is 440 g/mol. The summed E-state index contributed by atoms with van der Waals surface area (Å²) in [5.41, 5.74) is 0. The van der Waals surface area contributed by atoms with Gasteiger partial charge in [0.2, 0.25) is 0 Å². The number of carboxylic acids is 1. The van der Waals surface area contributed by atoms with E-state index in [0.29, 0.717) is 0 Å². The molecule has 0 aromatic carbocycles. The number of hydrogen-bond acceptors (Lipinski definition) is 1. The van der Waals surface area contributed by atoms with Crippen LogP contribution in [0.5, 0.6) is 0 Å². The van der Waals surface area contributed by atoms with Crippen molar-refractivity contribution < 1.29 is 9.90 Å². The Hall–Kier alpha value is -1.05. The molecule has 0 fully saturated rings. The van der Waals surface area contributed by atoms with E-state index < -0.39 is 5.97 Å². The Morgan fingerprint density at radius 3 is 1.00 bits per heavy atom. The molecule has 0 radical (unpaired) electrons. The van der Waals surface area contributed by atoms with Crippen LogP contribution in [0.3, 0.4) is 0 Å². The minimum Gasteiger partial charge on any atom is -0.478 e. The summed E-state index contributed by atoms with van der Waals surface area (Å²) >= 11 is 0. The van der Waals surface area contributed by atoms with Crippen molar-refractivity contribution in [1.29, 1.82) is 0 Å². The van der Waals surface area contributed by atoms with Gasteiger partial charge in [-0.15, -0.1) is 0 Å². The summed E-state index contributed by atoms with van der Waals surface area (Å²) in [6.07, 6.45) is 46.4. The molecule has 0 atom stereocenters. The smallest absolute Gasteiger partial charge is 0.328 e. The van der Waals surface area contributed by atoms with Gasteiger partial charge in [-0.2, -0.15) is 0 Å². The van der Waals surface area contributed by atoms with Crippen molar-refractivity contribution in [3.8, 4) is 0 Å². The Morgan fingerprint density at radius 1 is 0.444 bits per heavy atom. The van der Waals surface area contributed by atoms with E-state index in [4.69, 9.17) is 5.11 Å². The lowest BCUT2D eigenvalue weighted by Crippen LogP contribution is -1.85. The normalized spacial score (nSPS) is 11.8. The highest BCUT2D eigenvalue weighted by atomic mass is 16.4. The minimum atomic E-state index is -0.880.